The molecule has 0 radical (unpaired) electrons. The second-order valence-electron chi connectivity index (χ2n) is 6.29. The van der Waals surface area contributed by atoms with Crippen molar-refractivity contribution >= 4 is 5.91 Å². The van der Waals surface area contributed by atoms with Crippen LogP contribution in [0.25, 0.3) is 0 Å². The van der Waals surface area contributed by atoms with Gasteiger partial charge in [0.15, 0.2) is 0 Å². The van der Waals surface area contributed by atoms with Crippen LogP contribution in [0.4, 0.5) is 0 Å². The van der Waals surface area contributed by atoms with Gasteiger partial charge in [0.25, 0.3) is 5.91 Å². The molecule has 3 rings (SSSR count). The summed E-state index contributed by atoms with van der Waals surface area (Å²) in [6, 6.07) is -0.143. The first-order valence-electron chi connectivity index (χ1n) is 8.32. The van der Waals surface area contributed by atoms with Crippen molar-refractivity contribution in [1.82, 2.24) is 15.6 Å². The predicted octanol–water partition coefficient (Wildman–Crippen LogP) is 2.00. The lowest BCUT2D eigenvalue weighted by atomic mass is 10.0. The van der Waals surface area contributed by atoms with E-state index in [1.54, 1.807) is 13.8 Å². The summed E-state index contributed by atoms with van der Waals surface area (Å²) in [6.45, 7) is 8.59. The average Bonchev–Trinajstić information content (AvgIpc) is 3.08. The first-order chi connectivity index (χ1) is 12.0. The number of aromatic nitrogens is 2. The molecule has 2 atom stereocenters. The molecule has 1 saturated heterocycles. The van der Waals surface area contributed by atoms with Crippen molar-refractivity contribution in [2.45, 2.75) is 52.9 Å². The summed E-state index contributed by atoms with van der Waals surface area (Å²) >= 11 is 0. The lowest BCUT2D eigenvalue weighted by Gasteiger charge is -2.32. The van der Waals surface area contributed by atoms with Crippen LogP contribution in [0.2, 0.25) is 0 Å². The maximum atomic E-state index is 12.6. The van der Waals surface area contributed by atoms with Gasteiger partial charge in [0.1, 0.15) is 23.2 Å². The van der Waals surface area contributed by atoms with E-state index in [2.05, 4.69) is 15.6 Å². The highest BCUT2D eigenvalue weighted by Gasteiger charge is 2.30. The zero-order chi connectivity index (χ0) is 18.0. The van der Waals surface area contributed by atoms with Gasteiger partial charge in [-0.2, -0.15) is 0 Å². The summed E-state index contributed by atoms with van der Waals surface area (Å²) in [7, 11) is 0. The summed E-state index contributed by atoms with van der Waals surface area (Å²) in [5.74, 6) is 1.05. The normalized spacial score (nSPS) is 20.6. The van der Waals surface area contributed by atoms with Crippen LogP contribution in [-0.4, -0.2) is 41.6 Å². The minimum atomic E-state index is -0.244. The first kappa shape index (κ1) is 17.6. The third-order valence-electron chi connectivity index (χ3n) is 4.50. The van der Waals surface area contributed by atoms with E-state index in [0.717, 1.165) is 17.0 Å². The molecule has 25 heavy (non-hydrogen) atoms. The number of hydrogen-bond acceptors (Lipinski definition) is 7. The van der Waals surface area contributed by atoms with Gasteiger partial charge in [-0.3, -0.25) is 4.79 Å². The molecule has 1 aliphatic heterocycles. The summed E-state index contributed by atoms with van der Waals surface area (Å²) < 4.78 is 21.7. The van der Waals surface area contributed by atoms with Crippen LogP contribution in [0.3, 0.4) is 0 Å². The van der Waals surface area contributed by atoms with Crippen LogP contribution in [0.1, 0.15) is 45.3 Å². The van der Waals surface area contributed by atoms with E-state index in [9.17, 15) is 4.79 Å². The molecule has 0 bridgehead atoms. The maximum absolute atomic E-state index is 12.6. The number of nitrogens with one attached hydrogen (secondary N) is 1. The molecule has 0 saturated carbocycles. The van der Waals surface area contributed by atoms with Crippen LogP contribution in [-0.2, 0) is 16.1 Å². The molecule has 8 heteroatoms. The molecular weight excluding hydrogens is 326 g/mol. The number of aryl methyl sites for hydroxylation is 4. The molecular formula is C17H23N3O5. The largest absolute Gasteiger partial charge is 0.379 e. The molecule has 2 aromatic heterocycles. The maximum Gasteiger partial charge on any atom is 0.257 e. The second-order valence-corrected chi connectivity index (χ2v) is 6.29. The molecule has 8 nitrogen and oxygen atoms in total. The van der Waals surface area contributed by atoms with Gasteiger partial charge in [0.05, 0.1) is 30.6 Å². The molecule has 1 N–H and O–H groups in total. The van der Waals surface area contributed by atoms with Gasteiger partial charge in [-0.05, 0) is 34.1 Å². The van der Waals surface area contributed by atoms with Crippen molar-refractivity contribution in [3.63, 3.8) is 0 Å². The number of carbonyl (C=O) groups is 1. The Morgan fingerprint density at radius 1 is 1.16 bits per heavy atom. The van der Waals surface area contributed by atoms with Crippen molar-refractivity contribution in [3.05, 3.63) is 34.0 Å². The van der Waals surface area contributed by atoms with Gasteiger partial charge in [-0.25, -0.2) is 0 Å². The average molecular weight is 349 g/mol. The van der Waals surface area contributed by atoms with E-state index in [0.29, 0.717) is 43.3 Å². The zero-order valence-electron chi connectivity index (χ0n) is 14.9. The first-order valence-corrected chi connectivity index (χ1v) is 8.32. The predicted molar refractivity (Wildman–Crippen MR) is 87.2 cm³/mol. The monoisotopic (exact) mass is 349 g/mol. The molecule has 1 amide bonds. The van der Waals surface area contributed by atoms with Gasteiger partial charge >= 0.3 is 0 Å². The van der Waals surface area contributed by atoms with E-state index in [4.69, 9.17) is 18.5 Å². The smallest absolute Gasteiger partial charge is 0.257 e. The summed E-state index contributed by atoms with van der Waals surface area (Å²) in [5, 5.41) is 10.8. The highest BCUT2D eigenvalue weighted by molar-refractivity contribution is 5.96. The quantitative estimate of drug-likeness (QED) is 0.881. The number of hydrogen-bond donors (Lipinski definition) is 1. The van der Waals surface area contributed by atoms with Crippen LogP contribution in [0.15, 0.2) is 9.05 Å². The van der Waals surface area contributed by atoms with E-state index in [-0.39, 0.29) is 18.1 Å². The molecule has 2 aromatic rings. The van der Waals surface area contributed by atoms with Gasteiger partial charge < -0.3 is 23.8 Å². The van der Waals surface area contributed by atoms with Crippen molar-refractivity contribution in [3.8, 4) is 0 Å². The third kappa shape index (κ3) is 3.74. The van der Waals surface area contributed by atoms with E-state index in [1.807, 2.05) is 13.8 Å². The minimum absolute atomic E-state index is 0.143. The van der Waals surface area contributed by atoms with Gasteiger partial charge in [-0.15, -0.1) is 0 Å². The Labute approximate surface area is 145 Å². The summed E-state index contributed by atoms with van der Waals surface area (Å²) in [4.78, 5) is 12.6. The molecule has 0 spiro atoms. The highest BCUT2D eigenvalue weighted by atomic mass is 16.5. The molecule has 0 unspecified atom stereocenters. The SMILES string of the molecule is Cc1noc(C)c1CO[C@@H]1COCC[C@H]1NC(=O)c1c(C)noc1C. The van der Waals surface area contributed by atoms with E-state index >= 15 is 0 Å². The minimum Gasteiger partial charge on any atom is -0.379 e. The Morgan fingerprint density at radius 2 is 1.88 bits per heavy atom. The van der Waals surface area contributed by atoms with Crippen LogP contribution in [0.5, 0.6) is 0 Å². The number of amides is 1. The standard InChI is InChI=1S/C17H23N3O5/c1-9-13(11(3)24-19-9)7-23-15-8-22-6-5-14(15)18-17(21)16-10(2)20-25-12(16)4/h14-15H,5-8H2,1-4H3,(H,18,21)/t14-,15-/m1/s1. The lowest BCUT2D eigenvalue weighted by molar-refractivity contribution is -0.0739. The Balaban J connectivity index is 1.66. The Morgan fingerprint density at radius 3 is 2.52 bits per heavy atom. The molecule has 3 heterocycles. The molecule has 1 aliphatic rings. The van der Waals surface area contributed by atoms with Crippen molar-refractivity contribution < 1.29 is 23.3 Å². The molecule has 0 aliphatic carbocycles. The lowest BCUT2D eigenvalue weighted by Crippen LogP contribution is -2.50. The number of nitrogens with zero attached hydrogens (tertiary/aromatic N) is 2. The third-order valence-corrected chi connectivity index (χ3v) is 4.50. The Hall–Kier alpha value is -2.19. The van der Waals surface area contributed by atoms with Crippen molar-refractivity contribution in [1.29, 1.82) is 0 Å². The van der Waals surface area contributed by atoms with E-state index < -0.39 is 0 Å². The zero-order valence-corrected chi connectivity index (χ0v) is 14.9. The highest BCUT2D eigenvalue weighted by Crippen LogP contribution is 2.19. The Bertz CT molecular complexity index is 713. The summed E-state index contributed by atoms with van der Waals surface area (Å²) in [6.07, 6.45) is 0.438. The molecule has 136 valence electrons. The molecule has 1 fully saturated rings. The van der Waals surface area contributed by atoms with Gasteiger partial charge in [0, 0.05) is 12.2 Å². The van der Waals surface area contributed by atoms with Crippen molar-refractivity contribution in [2.24, 2.45) is 0 Å². The van der Waals surface area contributed by atoms with Gasteiger partial charge in [0.2, 0.25) is 0 Å². The topological polar surface area (TPSA) is 99.6 Å². The van der Waals surface area contributed by atoms with Gasteiger partial charge in [-0.1, -0.05) is 10.3 Å². The molecule has 0 aromatic carbocycles. The van der Waals surface area contributed by atoms with Crippen LogP contribution >= 0.6 is 0 Å². The van der Waals surface area contributed by atoms with E-state index in [1.165, 1.54) is 0 Å². The van der Waals surface area contributed by atoms with Crippen LogP contribution in [0, 0.1) is 27.7 Å². The number of ether oxygens (including phenoxy) is 2. The fourth-order valence-electron chi connectivity index (χ4n) is 2.99. The van der Waals surface area contributed by atoms with Crippen LogP contribution < -0.4 is 5.32 Å². The fraction of sp³-hybridized carbons (Fsp3) is 0.588. The van der Waals surface area contributed by atoms with Crippen molar-refractivity contribution in [2.75, 3.05) is 13.2 Å². The summed E-state index contributed by atoms with van der Waals surface area (Å²) in [5.41, 5.74) is 2.80. The Kier molecular flexibility index (Phi) is 5.19. The number of carbonyl (C=O) groups excluding carboxylic acids is 1. The fourth-order valence-corrected chi connectivity index (χ4v) is 2.99. The second kappa shape index (κ2) is 7.37. The number of rotatable bonds is 5.